The van der Waals surface area contributed by atoms with Crippen LogP contribution in [0.15, 0.2) is 30.5 Å². The van der Waals surface area contributed by atoms with E-state index >= 15 is 0 Å². The summed E-state index contributed by atoms with van der Waals surface area (Å²) >= 11 is 0. The summed E-state index contributed by atoms with van der Waals surface area (Å²) in [7, 11) is 0. The molecule has 8 nitrogen and oxygen atoms in total. The number of nitrogens with one attached hydrogen (secondary N) is 2. The Morgan fingerprint density at radius 1 is 1.25 bits per heavy atom. The lowest BCUT2D eigenvalue weighted by Crippen LogP contribution is -2.46. The molecule has 2 aliphatic rings. The van der Waals surface area contributed by atoms with Gasteiger partial charge < -0.3 is 20.5 Å². The van der Waals surface area contributed by atoms with E-state index in [1.165, 1.54) is 18.7 Å². The topological polar surface area (TPSA) is 113 Å². The average molecular weight is 499 g/mol. The van der Waals surface area contributed by atoms with Gasteiger partial charge in [0.2, 0.25) is 5.91 Å². The molecule has 2 unspecified atom stereocenters. The summed E-state index contributed by atoms with van der Waals surface area (Å²) in [6.07, 6.45) is 6.28. The van der Waals surface area contributed by atoms with Crippen LogP contribution in [0, 0.1) is 0 Å². The van der Waals surface area contributed by atoms with Gasteiger partial charge in [-0.2, -0.15) is 0 Å². The Labute approximate surface area is 211 Å². The molecule has 1 amide bonds. The third-order valence-corrected chi connectivity index (χ3v) is 6.99. The van der Waals surface area contributed by atoms with Crippen LogP contribution in [0.1, 0.15) is 74.1 Å². The number of hydrogen-bond acceptors (Lipinski definition) is 6. The molecule has 9 heteroatoms. The van der Waals surface area contributed by atoms with Crippen LogP contribution in [-0.2, 0) is 32.6 Å². The number of aromatic nitrogens is 2. The first-order chi connectivity index (χ1) is 17.4. The first-order valence-electron chi connectivity index (χ1n) is 12.8. The van der Waals surface area contributed by atoms with Crippen molar-refractivity contribution >= 4 is 17.7 Å². The summed E-state index contributed by atoms with van der Waals surface area (Å²) < 4.78 is 19.7. The zero-order valence-corrected chi connectivity index (χ0v) is 20.8. The molecule has 0 spiro atoms. The van der Waals surface area contributed by atoms with E-state index in [0.717, 1.165) is 50.2 Å². The first-order valence-corrected chi connectivity index (χ1v) is 12.8. The molecular weight excluding hydrogens is 463 g/mol. The molecule has 2 aromatic heterocycles. The van der Waals surface area contributed by atoms with Crippen LogP contribution in [0.5, 0.6) is 0 Å². The number of fused-ring (bicyclic) bond motifs is 1. The number of amides is 1. The Bertz CT molecular complexity index is 1070. The third-order valence-electron chi connectivity index (χ3n) is 6.99. The number of unbranched alkanes of at least 4 members (excludes halogenated alkanes) is 1. The van der Waals surface area contributed by atoms with E-state index in [1.54, 1.807) is 12.1 Å². The summed E-state index contributed by atoms with van der Waals surface area (Å²) in [6, 6.07) is 6.56. The molecule has 2 atom stereocenters. The van der Waals surface area contributed by atoms with Gasteiger partial charge in [-0.15, -0.1) is 0 Å². The minimum Gasteiger partial charge on any atom is -0.480 e. The van der Waals surface area contributed by atoms with E-state index < -0.39 is 29.5 Å². The minimum atomic E-state index is -1.31. The molecule has 3 heterocycles. The molecule has 1 fully saturated rings. The summed E-state index contributed by atoms with van der Waals surface area (Å²) in [4.78, 5) is 33.6. The fraction of sp³-hybridized carbons (Fsp3) is 0.556. The lowest BCUT2D eigenvalue weighted by molar-refractivity contribution is -0.142. The number of carbonyl (C=O) groups is 2. The standard InChI is InChI=1S/C27H35FN4O4/c1-18(28)23-21(8-5-14-29-23)27(12-13-27)26(35)32-22(25(33)34)11-17-36-16-3-2-7-20-10-9-19-6-4-15-30-24(19)31-20/h5,8-10,14,18,22H,2-4,6-7,11-13,15-17H2,1H3,(H,30,31)(H,32,35)(H,33,34). The number of halogens is 1. The molecule has 0 bridgehead atoms. The number of nitrogens with zero attached hydrogens (tertiary/aromatic N) is 2. The highest BCUT2D eigenvalue weighted by Gasteiger charge is 2.53. The van der Waals surface area contributed by atoms with E-state index in [0.29, 0.717) is 25.0 Å². The van der Waals surface area contributed by atoms with Crippen molar-refractivity contribution in [2.75, 3.05) is 25.1 Å². The number of aryl methyl sites for hydroxylation is 2. The second-order valence-corrected chi connectivity index (χ2v) is 9.70. The van der Waals surface area contributed by atoms with E-state index in [2.05, 4.69) is 27.8 Å². The Balaban J connectivity index is 1.19. The number of alkyl halides is 1. The Kier molecular flexibility index (Phi) is 8.51. The maximum atomic E-state index is 14.1. The van der Waals surface area contributed by atoms with Crippen LogP contribution in [0.2, 0.25) is 0 Å². The number of carboxylic acids is 1. The van der Waals surface area contributed by atoms with Gasteiger partial charge in [0.05, 0.1) is 11.1 Å². The van der Waals surface area contributed by atoms with Crippen LogP contribution in [0.25, 0.3) is 0 Å². The number of ether oxygens (including phenoxy) is 1. The van der Waals surface area contributed by atoms with Crippen LogP contribution in [0.4, 0.5) is 10.2 Å². The number of carboxylic acid groups (broad SMARTS) is 1. The summed E-state index contributed by atoms with van der Waals surface area (Å²) in [5.74, 6) is -0.499. The highest BCUT2D eigenvalue weighted by atomic mass is 19.1. The number of anilines is 1. The van der Waals surface area contributed by atoms with Gasteiger partial charge in [0.1, 0.15) is 18.0 Å². The maximum Gasteiger partial charge on any atom is 0.326 e. The lowest BCUT2D eigenvalue weighted by Gasteiger charge is -2.22. The van der Waals surface area contributed by atoms with Crippen molar-refractivity contribution < 1.29 is 23.8 Å². The van der Waals surface area contributed by atoms with Crippen molar-refractivity contribution in [2.45, 2.75) is 75.9 Å². The summed E-state index contributed by atoms with van der Waals surface area (Å²) in [6.45, 7) is 3.10. The van der Waals surface area contributed by atoms with E-state index in [-0.39, 0.29) is 18.7 Å². The molecule has 0 aromatic carbocycles. The number of pyridine rings is 2. The zero-order chi connectivity index (χ0) is 25.5. The second kappa shape index (κ2) is 11.8. The lowest BCUT2D eigenvalue weighted by atomic mass is 9.91. The van der Waals surface area contributed by atoms with Gasteiger partial charge in [-0.05, 0) is 75.1 Å². The van der Waals surface area contributed by atoms with Crippen molar-refractivity contribution in [3.05, 3.63) is 53.0 Å². The predicted molar refractivity (Wildman–Crippen MR) is 134 cm³/mol. The van der Waals surface area contributed by atoms with Gasteiger partial charge in [-0.25, -0.2) is 14.2 Å². The van der Waals surface area contributed by atoms with Crippen LogP contribution < -0.4 is 10.6 Å². The fourth-order valence-corrected chi connectivity index (χ4v) is 4.76. The van der Waals surface area contributed by atoms with Crippen LogP contribution in [-0.4, -0.2) is 52.8 Å². The number of rotatable bonds is 13. The van der Waals surface area contributed by atoms with Gasteiger partial charge in [0.15, 0.2) is 0 Å². The van der Waals surface area contributed by atoms with Crippen molar-refractivity contribution in [3.63, 3.8) is 0 Å². The molecule has 36 heavy (non-hydrogen) atoms. The van der Waals surface area contributed by atoms with Crippen LogP contribution >= 0.6 is 0 Å². The smallest absolute Gasteiger partial charge is 0.326 e. The van der Waals surface area contributed by atoms with Gasteiger partial charge in [0.25, 0.3) is 0 Å². The van der Waals surface area contributed by atoms with E-state index in [9.17, 15) is 19.1 Å². The largest absolute Gasteiger partial charge is 0.480 e. The van der Waals surface area contributed by atoms with Gasteiger partial charge in [0, 0.05) is 38.1 Å². The summed E-state index contributed by atoms with van der Waals surface area (Å²) in [5, 5.41) is 15.6. The van der Waals surface area contributed by atoms with Gasteiger partial charge in [-0.1, -0.05) is 12.1 Å². The average Bonchev–Trinajstić information content (AvgIpc) is 3.69. The van der Waals surface area contributed by atoms with Crippen LogP contribution in [0.3, 0.4) is 0 Å². The van der Waals surface area contributed by atoms with Crippen molar-refractivity contribution in [1.29, 1.82) is 0 Å². The third kappa shape index (κ3) is 6.19. The zero-order valence-electron chi connectivity index (χ0n) is 20.8. The monoisotopic (exact) mass is 498 g/mol. The first kappa shape index (κ1) is 26.0. The second-order valence-electron chi connectivity index (χ2n) is 9.70. The van der Waals surface area contributed by atoms with Gasteiger partial charge in [-0.3, -0.25) is 9.78 Å². The van der Waals surface area contributed by atoms with E-state index in [4.69, 9.17) is 9.72 Å². The molecule has 4 rings (SSSR count). The number of aliphatic carboxylic acids is 1. The Hall–Kier alpha value is -3.07. The molecule has 2 aromatic rings. The minimum absolute atomic E-state index is 0.161. The normalized spacial score (nSPS) is 17.4. The molecule has 1 aliphatic heterocycles. The fourth-order valence-electron chi connectivity index (χ4n) is 4.76. The molecule has 0 saturated heterocycles. The summed E-state index contributed by atoms with van der Waals surface area (Å²) in [5.41, 5.74) is 2.21. The van der Waals surface area contributed by atoms with Crippen molar-refractivity contribution in [3.8, 4) is 0 Å². The van der Waals surface area contributed by atoms with Crippen molar-refractivity contribution in [2.24, 2.45) is 0 Å². The number of hydrogen-bond donors (Lipinski definition) is 3. The molecule has 1 saturated carbocycles. The molecular formula is C27H35FN4O4. The predicted octanol–water partition coefficient (Wildman–Crippen LogP) is 3.90. The molecule has 3 N–H and O–H groups in total. The molecule has 1 aliphatic carbocycles. The van der Waals surface area contributed by atoms with Gasteiger partial charge >= 0.3 is 5.97 Å². The highest BCUT2D eigenvalue weighted by molar-refractivity contribution is 5.94. The van der Waals surface area contributed by atoms with Crippen molar-refractivity contribution in [1.82, 2.24) is 15.3 Å². The highest BCUT2D eigenvalue weighted by Crippen LogP contribution is 2.50. The maximum absolute atomic E-state index is 14.1. The molecule has 194 valence electrons. The SMILES string of the molecule is CC(F)c1ncccc1C1(C(=O)NC(CCOCCCCc2ccc3c(n2)NCCC3)C(=O)O)CC1. The Morgan fingerprint density at radius 3 is 2.83 bits per heavy atom. The number of carbonyl (C=O) groups excluding carboxylic acids is 1. The Morgan fingerprint density at radius 2 is 2.08 bits per heavy atom. The molecule has 0 radical (unpaired) electrons. The quantitative estimate of drug-likeness (QED) is 0.359. The van der Waals surface area contributed by atoms with E-state index in [1.807, 2.05) is 0 Å².